The molecule has 2 aromatic carbocycles. The molecular weight excluding hydrogens is 392 g/mol. The first-order valence-electron chi connectivity index (χ1n) is 9.72. The Hall–Kier alpha value is -2.58. The van der Waals surface area contributed by atoms with Crippen LogP contribution in [0.4, 0.5) is 5.69 Å². The number of fused-ring (bicyclic) bond motifs is 2. The molecule has 0 radical (unpaired) electrons. The zero-order valence-electron chi connectivity index (χ0n) is 16.4. The third-order valence-electron chi connectivity index (χ3n) is 5.22. The van der Waals surface area contributed by atoms with E-state index in [2.05, 4.69) is 4.72 Å². The lowest BCUT2D eigenvalue weighted by Gasteiger charge is -2.26. The second-order valence-electron chi connectivity index (χ2n) is 7.31. The number of para-hydroxylation sites is 2. The number of nitrogens with one attached hydrogen (secondary N) is 1. The van der Waals surface area contributed by atoms with Crippen molar-refractivity contribution in [1.29, 1.82) is 0 Å². The van der Waals surface area contributed by atoms with Crippen LogP contribution in [-0.2, 0) is 21.2 Å². The van der Waals surface area contributed by atoms with Gasteiger partial charge in [0.25, 0.3) is 0 Å². The minimum Gasteiger partial charge on any atom is -0.486 e. The normalized spacial score (nSPS) is 20.4. The molecule has 2 aliphatic rings. The van der Waals surface area contributed by atoms with Gasteiger partial charge in [-0.15, -0.1) is 0 Å². The van der Waals surface area contributed by atoms with Crippen LogP contribution >= 0.6 is 0 Å². The molecular formula is C21H24N2O5S. The third kappa shape index (κ3) is 3.82. The average Bonchev–Trinajstić information content (AvgIpc) is 3.06. The summed E-state index contributed by atoms with van der Waals surface area (Å²) in [5, 5.41) is 0. The fourth-order valence-corrected chi connectivity index (χ4v) is 4.89. The first kappa shape index (κ1) is 19.7. The van der Waals surface area contributed by atoms with Crippen LogP contribution in [0.5, 0.6) is 11.5 Å². The molecule has 0 unspecified atom stereocenters. The first-order chi connectivity index (χ1) is 13.9. The summed E-state index contributed by atoms with van der Waals surface area (Å²) in [6.07, 6.45) is 0.644. The molecule has 0 saturated heterocycles. The van der Waals surface area contributed by atoms with E-state index in [0.717, 1.165) is 11.3 Å². The SMILES string of the molecule is CCC(=O)N1c2ccc(S(=O)(=O)NC[C@H]3COc4ccccc4O3)cc2C[C@@H]1C. The van der Waals surface area contributed by atoms with Gasteiger partial charge in [0.1, 0.15) is 12.7 Å². The maximum Gasteiger partial charge on any atom is 0.240 e. The predicted octanol–water partition coefficient (Wildman–Crippen LogP) is 2.49. The molecule has 2 aromatic rings. The molecule has 4 rings (SSSR count). The Morgan fingerprint density at radius 1 is 1.21 bits per heavy atom. The number of hydrogen-bond donors (Lipinski definition) is 1. The Bertz CT molecular complexity index is 1040. The number of benzene rings is 2. The predicted molar refractivity (Wildman–Crippen MR) is 109 cm³/mol. The standard InChI is InChI=1S/C21H24N2O5S/c1-3-21(24)23-14(2)10-15-11-17(8-9-18(15)23)29(25,26)22-12-16-13-27-19-6-4-5-7-20(19)28-16/h4-9,11,14,16,22H,3,10,12-13H2,1-2H3/t14-,16-/m0/s1. The van der Waals surface area contributed by atoms with Gasteiger partial charge in [0, 0.05) is 18.2 Å². The van der Waals surface area contributed by atoms with Gasteiger partial charge in [-0.3, -0.25) is 4.79 Å². The molecule has 0 spiro atoms. The highest BCUT2D eigenvalue weighted by Crippen LogP contribution is 2.34. The van der Waals surface area contributed by atoms with Crippen LogP contribution in [-0.4, -0.2) is 39.6 Å². The van der Waals surface area contributed by atoms with Crippen molar-refractivity contribution >= 4 is 21.6 Å². The molecule has 0 saturated carbocycles. The van der Waals surface area contributed by atoms with E-state index in [1.54, 1.807) is 29.2 Å². The maximum absolute atomic E-state index is 12.8. The van der Waals surface area contributed by atoms with Crippen molar-refractivity contribution in [2.75, 3.05) is 18.1 Å². The van der Waals surface area contributed by atoms with E-state index < -0.39 is 16.1 Å². The molecule has 8 heteroatoms. The van der Waals surface area contributed by atoms with Gasteiger partial charge in [-0.2, -0.15) is 0 Å². The first-order valence-corrected chi connectivity index (χ1v) is 11.2. The largest absolute Gasteiger partial charge is 0.486 e. The number of anilines is 1. The number of carbonyl (C=O) groups is 1. The number of ether oxygens (including phenoxy) is 2. The number of hydrogen-bond acceptors (Lipinski definition) is 5. The zero-order valence-corrected chi connectivity index (χ0v) is 17.2. The summed E-state index contributed by atoms with van der Waals surface area (Å²) in [4.78, 5) is 14.1. The van der Waals surface area contributed by atoms with E-state index in [1.807, 2.05) is 32.0 Å². The zero-order chi connectivity index (χ0) is 20.6. The lowest BCUT2D eigenvalue weighted by molar-refractivity contribution is -0.118. The Morgan fingerprint density at radius 3 is 2.72 bits per heavy atom. The minimum absolute atomic E-state index is 0.0243. The lowest BCUT2D eigenvalue weighted by Crippen LogP contribution is -2.40. The Balaban J connectivity index is 1.46. The fourth-order valence-electron chi connectivity index (χ4n) is 3.77. The molecule has 1 N–H and O–H groups in total. The van der Waals surface area contributed by atoms with Crippen molar-refractivity contribution in [3.05, 3.63) is 48.0 Å². The number of amides is 1. The van der Waals surface area contributed by atoms with Gasteiger partial charge in [-0.25, -0.2) is 13.1 Å². The third-order valence-corrected chi connectivity index (χ3v) is 6.64. The molecule has 0 bridgehead atoms. The molecule has 0 aliphatic carbocycles. The summed E-state index contributed by atoms with van der Waals surface area (Å²) in [6.45, 7) is 4.17. The van der Waals surface area contributed by atoms with Gasteiger partial charge in [-0.1, -0.05) is 19.1 Å². The van der Waals surface area contributed by atoms with Crippen molar-refractivity contribution in [3.8, 4) is 11.5 Å². The maximum atomic E-state index is 12.8. The molecule has 2 aliphatic heterocycles. The summed E-state index contributed by atoms with van der Waals surface area (Å²) < 4.78 is 39.6. The topological polar surface area (TPSA) is 84.9 Å². The summed E-state index contributed by atoms with van der Waals surface area (Å²) in [7, 11) is -3.71. The summed E-state index contributed by atoms with van der Waals surface area (Å²) in [5.74, 6) is 1.31. The van der Waals surface area contributed by atoms with E-state index in [4.69, 9.17) is 9.47 Å². The van der Waals surface area contributed by atoms with E-state index in [1.165, 1.54) is 0 Å². The van der Waals surface area contributed by atoms with Crippen LogP contribution in [0.3, 0.4) is 0 Å². The molecule has 0 aromatic heterocycles. The van der Waals surface area contributed by atoms with Crippen LogP contribution in [0.1, 0.15) is 25.8 Å². The smallest absolute Gasteiger partial charge is 0.240 e. The van der Waals surface area contributed by atoms with E-state index in [9.17, 15) is 13.2 Å². The van der Waals surface area contributed by atoms with Crippen LogP contribution in [0.2, 0.25) is 0 Å². The second-order valence-corrected chi connectivity index (χ2v) is 9.08. The molecule has 2 atom stereocenters. The quantitative estimate of drug-likeness (QED) is 0.810. The number of rotatable bonds is 5. The van der Waals surface area contributed by atoms with Crippen molar-refractivity contribution in [2.24, 2.45) is 0 Å². The molecule has 0 fully saturated rings. The number of sulfonamides is 1. The van der Waals surface area contributed by atoms with Crippen LogP contribution in [0.25, 0.3) is 0 Å². The average molecular weight is 416 g/mol. The van der Waals surface area contributed by atoms with E-state index >= 15 is 0 Å². The molecule has 2 heterocycles. The molecule has 29 heavy (non-hydrogen) atoms. The highest BCUT2D eigenvalue weighted by Gasteiger charge is 2.31. The summed E-state index contributed by atoms with van der Waals surface area (Å²) in [5.41, 5.74) is 1.66. The van der Waals surface area contributed by atoms with E-state index in [0.29, 0.717) is 24.3 Å². The highest BCUT2D eigenvalue weighted by molar-refractivity contribution is 7.89. The van der Waals surface area contributed by atoms with Crippen molar-refractivity contribution in [2.45, 2.75) is 43.7 Å². The van der Waals surface area contributed by atoms with Crippen molar-refractivity contribution in [3.63, 3.8) is 0 Å². The van der Waals surface area contributed by atoms with Gasteiger partial charge >= 0.3 is 0 Å². The van der Waals surface area contributed by atoms with Gasteiger partial charge < -0.3 is 14.4 Å². The van der Waals surface area contributed by atoms with Gasteiger partial charge in [0.05, 0.1) is 11.4 Å². The molecule has 7 nitrogen and oxygen atoms in total. The second kappa shape index (κ2) is 7.68. The Labute approximate surface area is 170 Å². The van der Waals surface area contributed by atoms with Crippen LogP contribution < -0.4 is 19.1 Å². The lowest BCUT2D eigenvalue weighted by atomic mass is 10.1. The van der Waals surface area contributed by atoms with Gasteiger partial charge in [0.2, 0.25) is 15.9 Å². The number of nitrogens with zero attached hydrogens (tertiary/aromatic N) is 1. The Morgan fingerprint density at radius 2 is 1.97 bits per heavy atom. The van der Waals surface area contributed by atoms with E-state index in [-0.39, 0.29) is 30.0 Å². The van der Waals surface area contributed by atoms with Gasteiger partial charge in [-0.05, 0) is 49.2 Å². The molecule has 1 amide bonds. The minimum atomic E-state index is -3.71. The number of carbonyl (C=O) groups excluding carboxylic acids is 1. The Kier molecular flexibility index (Phi) is 5.23. The van der Waals surface area contributed by atoms with Crippen LogP contribution in [0, 0.1) is 0 Å². The van der Waals surface area contributed by atoms with Gasteiger partial charge in [0.15, 0.2) is 11.5 Å². The summed E-state index contributed by atoms with van der Waals surface area (Å²) in [6, 6.07) is 12.2. The highest BCUT2D eigenvalue weighted by atomic mass is 32.2. The molecule has 154 valence electrons. The monoisotopic (exact) mass is 416 g/mol. The van der Waals surface area contributed by atoms with Crippen LogP contribution in [0.15, 0.2) is 47.4 Å². The van der Waals surface area contributed by atoms with Crippen molar-refractivity contribution < 1.29 is 22.7 Å². The fraction of sp³-hybridized carbons (Fsp3) is 0.381. The van der Waals surface area contributed by atoms with Crippen molar-refractivity contribution in [1.82, 2.24) is 4.72 Å². The summed E-state index contributed by atoms with van der Waals surface area (Å²) >= 11 is 0.